The number of rotatable bonds is 9. The summed E-state index contributed by atoms with van der Waals surface area (Å²) in [6.45, 7) is 4.15. The Bertz CT molecular complexity index is 1390. The molecule has 0 bridgehead atoms. The molecule has 4 rings (SSSR count). The van der Waals surface area contributed by atoms with Gasteiger partial charge in [0.15, 0.2) is 0 Å². The number of aromatic nitrogens is 1. The lowest BCUT2D eigenvalue weighted by atomic mass is 10.0. The van der Waals surface area contributed by atoms with Gasteiger partial charge in [-0.05, 0) is 62.6 Å². The van der Waals surface area contributed by atoms with E-state index in [1.807, 2.05) is 26.0 Å². The van der Waals surface area contributed by atoms with Gasteiger partial charge in [-0.2, -0.15) is 0 Å². The number of phenolic OH excluding ortho intramolecular Hbond substituents is 1. The molecule has 9 heteroatoms. The monoisotopic (exact) mass is 501 g/mol. The van der Waals surface area contributed by atoms with Crippen molar-refractivity contribution in [2.24, 2.45) is 0 Å². The number of benzene rings is 2. The highest BCUT2D eigenvalue weighted by atomic mass is 16.3. The second-order valence-electron chi connectivity index (χ2n) is 9.11. The highest BCUT2D eigenvalue weighted by Crippen LogP contribution is 2.36. The zero-order chi connectivity index (χ0) is 26.5. The first-order valence-electron chi connectivity index (χ1n) is 12.2. The van der Waals surface area contributed by atoms with Gasteiger partial charge in [0.25, 0.3) is 11.8 Å². The van der Waals surface area contributed by atoms with E-state index in [1.54, 1.807) is 24.3 Å². The van der Waals surface area contributed by atoms with Crippen molar-refractivity contribution < 1.29 is 19.5 Å². The van der Waals surface area contributed by atoms with E-state index >= 15 is 0 Å². The van der Waals surface area contributed by atoms with Gasteiger partial charge in [0.2, 0.25) is 5.91 Å². The molecule has 1 aliphatic heterocycles. The van der Waals surface area contributed by atoms with Crippen LogP contribution in [0.25, 0.3) is 11.6 Å². The van der Waals surface area contributed by atoms with Crippen molar-refractivity contribution in [2.45, 2.75) is 39.5 Å². The van der Waals surface area contributed by atoms with Gasteiger partial charge in [-0.1, -0.05) is 18.6 Å². The van der Waals surface area contributed by atoms with Crippen LogP contribution in [-0.4, -0.2) is 34.4 Å². The van der Waals surface area contributed by atoms with Gasteiger partial charge in [-0.3, -0.25) is 14.4 Å². The van der Waals surface area contributed by atoms with E-state index in [4.69, 9.17) is 5.73 Å². The summed E-state index contributed by atoms with van der Waals surface area (Å²) in [7, 11) is 0. The molecule has 0 aliphatic carbocycles. The predicted octanol–water partition coefficient (Wildman–Crippen LogP) is 4.34. The lowest BCUT2D eigenvalue weighted by Crippen LogP contribution is -2.25. The molecule has 1 aliphatic rings. The second-order valence-corrected chi connectivity index (χ2v) is 9.11. The molecular formula is C28H31N5O4. The fourth-order valence-corrected chi connectivity index (χ4v) is 4.43. The third-order valence-corrected chi connectivity index (χ3v) is 6.38. The van der Waals surface area contributed by atoms with Crippen LogP contribution in [0.5, 0.6) is 5.75 Å². The van der Waals surface area contributed by atoms with Crippen molar-refractivity contribution in [3.8, 4) is 5.75 Å². The van der Waals surface area contributed by atoms with Crippen LogP contribution < -0.4 is 21.7 Å². The number of para-hydroxylation sites is 2. The molecular weight excluding hydrogens is 470 g/mol. The number of fused-ring (bicyclic) bond motifs is 1. The largest absolute Gasteiger partial charge is 0.508 e. The Labute approximate surface area is 215 Å². The number of unbranched alkanes of at least 4 members (excludes halogenated alkanes) is 2. The van der Waals surface area contributed by atoms with Crippen LogP contribution in [0.2, 0.25) is 0 Å². The molecule has 2 aromatic carbocycles. The fourth-order valence-electron chi connectivity index (χ4n) is 4.43. The summed E-state index contributed by atoms with van der Waals surface area (Å²) in [5.41, 5.74) is 11.4. The quantitative estimate of drug-likeness (QED) is 0.146. The number of aryl methyl sites for hydroxylation is 1. The molecule has 0 saturated carbocycles. The molecule has 3 aromatic rings. The van der Waals surface area contributed by atoms with E-state index in [1.165, 1.54) is 12.1 Å². The topological polar surface area (TPSA) is 149 Å². The molecule has 0 atom stereocenters. The zero-order valence-electron chi connectivity index (χ0n) is 20.9. The molecule has 2 heterocycles. The number of anilines is 3. The average Bonchev–Trinajstić information content (AvgIpc) is 3.31. The van der Waals surface area contributed by atoms with E-state index < -0.39 is 0 Å². The summed E-state index contributed by atoms with van der Waals surface area (Å²) >= 11 is 0. The van der Waals surface area contributed by atoms with Crippen molar-refractivity contribution in [3.05, 3.63) is 70.5 Å². The second kappa shape index (κ2) is 11.0. The Hall–Kier alpha value is -4.53. The highest BCUT2D eigenvalue weighted by Gasteiger charge is 2.26. The summed E-state index contributed by atoms with van der Waals surface area (Å²) in [6, 6.07) is 11.9. The summed E-state index contributed by atoms with van der Waals surface area (Å²) in [5, 5.41) is 18.2. The average molecular weight is 502 g/mol. The molecule has 0 unspecified atom stereocenters. The molecule has 0 spiro atoms. The molecule has 37 heavy (non-hydrogen) atoms. The van der Waals surface area contributed by atoms with E-state index in [0.29, 0.717) is 64.5 Å². The summed E-state index contributed by atoms with van der Waals surface area (Å²) in [4.78, 5) is 40.7. The third kappa shape index (κ3) is 5.83. The van der Waals surface area contributed by atoms with Crippen LogP contribution in [0, 0.1) is 13.8 Å². The standard InChI is InChI=1S/C28H31N5O4/c1-16-23(15-20-19-12-11-18(34)14-24(19)33-27(20)36)31-17(2)26(16)28(37)30-13-7-3-4-10-25(35)32-22-9-6-5-8-21(22)29/h5-6,8-9,11-12,14-15,31,34H,3-4,7,10,13,29H2,1-2H3,(H,30,37)(H,32,35)(H,33,36)/b20-15-. The van der Waals surface area contributed by atoms with Crippen molar-refractivity contribution in [2.75, 3.05) is 22.9 Å². The van der Waals surface area contributed by atoms with Gasteiger partial charge in [0.05, 0.1) is 28.2 Å². The molecule has 0 fully saturated rings. The number of aromatic hydroxyl groups is 1. The molecule has 1 aromatic heterocycles. The lowest BCUT2D eigenvalue weighted by molar-refractivity contribution is -0.116. The Balaban J connectivity index is 1.28. The Morgan fingerprint density at radius 2 is 1.86 bits per heavy atom. The molecule has 0 saturated heterocycles. The van der Waals surface area contributed by atoms with Crippen molar-refractivity contribution in [1.82, 2.24) is 10.3 Å². The smallest absolute Gasteiger partial charge is 0.256 e. The first kappa shape index (κ1) is 25.6. The number of nitrogens with one attached hydrogen (secondary N) is 4. The van der Waals surface area contributed by atoms with Crippen molar-refractivity contribution >= 4 is 46.4 Å². The van der Waals surface area contributed by atoms with Gasteiger partial charge >= 0.3 is 0 Å². The number of amides is 3. The Morgan fingerprint density at radius 1 is 1.08 bits per heavy atom. The van der Waals surface area contributed by atoms with Crippen LogP contribution in [0.4, 0.5) is 17.1 Å². The highest BCUT2D eigenvalue weighted by molar-refractivity contribution is 6.35. The maximum absolute atomic E-state index is 12.9. The van der Waals surface area contributed by atoms with Gasteiger partial charge in [-0.15, -0.1) is 0 Å². The van der Waals surface area contributed by atoms with E-state index in [-0.39, 0.29) is 23.5 Å². The molecule has 9 nitrogen and oxygen atoms in total. The number of carbonyl (C=O) groups excluding carboxylic acids is 3. The molecule has 3 amide bonds. The van der Waals surface area contributed by atoms with Crippen LogP contribution in [0.1, 0.15) is 58.6 Å². The number of hydrogen-bond acceptors (Lipinski definition) is 5. The van der Waals surface area contributed by atoms with Gasteiger partial charge < -0.3 is 31.8 Å². The molecule has 0 radical (unpaired) electrons. The summed E-state index contributed by atoms with van der Waals surface area (Å²) in [6.07, 6.45) is 4.36. The number of H-pyrrole nitrogens is 1. The number of nitrogens with two attached hydrogens (primary N) is 1. The number of carbonyl (C=O) groups is 3. The number of phenols is 1. The van der Waals surface area contributed by atoms with Crippen LogP contribution in [-0.2, 0) is 9.59 Å². The van der Waals surface area contributed by atoms with Crippen LogP contribution in [0.3, 0.4) is 0 Å². The number of hydrogen-bond donors (Lipinski definition) is 6. The summed E-state index contributed by atoms with van der Waals surface area (Å²) < 4.78 is 0. The minimum Gasteiger partial charge on any atom is -0.508 e. The van der Waals surface area contributed by atoms with E-state index in [0.717, 1.165) is 18.4 Å². The third-order valence-electron chi connectivity index (χ3n) is 6.38. The first-order valence-corrected chi connectivity index (χ1v) is 12.2. The Morgan fingerprint density at radius 3 is 2.65 bits per heavy atom. The number of aromatic amines is 1. The van der Waals surface area contributed by atoms with Crippen molar-refractivity contribution in [3.63, 3.8) is 0 Å². The minimum atomic E-state index is -0.265. The molecule has 192 valence electrons. The van der Waals surface area contributed by atoms with E-state index in [9.17, 15) is 19.5 Å². The fraction of sp³-hybridized carbons (Fsp3) is 0.250. The minimum absolute atomic E-state index is 0.0757. The van der Waals surface area contributed by atoms with Crippen LogP contribution in [0.15, 0.2) is 42.5 Å². The van der Waals surface area contributed by atoms with Gasteiger partial charge in [0.1, 0.15) is 5.75 Å². The lowest BCUT2D eigenvalue weighted by Gasteiger charge is -2.08. The van der Waals surface area contributed by atoms with Crippen LogP contribution >= 0.6 is 0 Å². The van der Waals surface area contributed by atoms with Crippen molar-refractivity contribution in [1.29, 1.82) is 0 Å². The Kier molecular flexibility index (Phi) is 7.62. The maximum Gasteiger partial charge on any atom is 0.256 e. The first-order chi connectivity index (χ1) is 17.7. The van der Waals surface area contributed by atoms with Gasteiger partial charge in [0, 0.05) is 36.0 Å². The van der Waals surface area contributed by atoms with Gasteiger partial charge in [-0.25, -0.2) is 0 Å². The summed E-state index contributed by atoms with van der Waals surface area (Å²) in [5.74, 6) is -0.460. The zero-order valence-corrected chi connectivity index (χ0v) is 20.9. The molecule has 7 N–H and O–H groups in total. The van der Waals surface area contributed by atoms with E-state index in [2.05, 4.69) is 20.9 Å². The SMILES string of the molecule is Cc1[nH]c(/C=C2\C(=O)Nc3cc(O)ccc32)c(C)c1C(=O)NCCCCCC(=O)Nc1ccccc1N. The predicted molar refractivity (Wildman–Crippen MR) is 145 cm³/mol. The number of nitrogen functional groups attached to an aromatic ring is 1. The normalized spacial score (nSPS) is 13.4. The maximum atomic E-state index is 12.9.